The summed E-state index contributed by atoms with van der Waals surface area (Å²) in [6, 6.07) is 85.7. The van der Waals surface area contributed by atoms with E-state index >= 15 is 14.4 Å². The minimum atomic E-state index is -2.06. The average Bonchev–Trinajstić information content (AvgIpc) is 0.753. The van der Waals surface area contributed by atoms with Crippen molar-refractivity contribution >= 4 is 35.8 Å². The zero-order valence-electron chi connectivity index (χ0n) is 61.5. The van der Waals surface area contributed by atoms with E-state index in [4.69, 9.17) is 75.8 Å². The van der Waals surface area contributed by atoms with Crippen molar-refractivity contribution in [3.63, 3.8) is 0 Å². The largest absolute Gasteiger partial charge is 0.459 e. The highest BCUT2D eigenvalue weighted by molar-refractivity contribution is 5.92. The van der Waals surface area contributed by atoms with Crippen molar-refractivity contribution in [2.75, 3.05) is 26.4 Å². The van der Waals surface area contributed by atoms with Gasteiger partial charge in [0.1, 0.15) is 62.0 Å². The van der Waals surface area contributed by atoms with Crippen LogP contribution in [0.1, 0.15) is 84.4 Å². The maximum atomic E-state index is 15.6. The summed E-state index contributed by atoms with van der Waals surface area (Å²) in [7, 11) is 0. The molecule has 580 valence electrons. The minimum Gasteiger partial charge on any atom is -0.459 e. The normalized spacial score (nSPS) is 23.3. The molecule has 0 N–H and O–H groups in total. The molecule has 22 nitrogen and oxygen atoms in total. The molecule has 0 aromatic heterocycles. The molecule has 0 radical (unpaired) electrons. The van der Waals surface area contributed by atoms with Crippen molar-refractivity contribution in [1.29, 1.82) is 0 Å². The lowest BCUT2D eigenvalue weighted by atomic mass is 9.95. The Kier molecular flexibility index (Phi) is 28.5. The highest BCUT2D eigenvalue weighted by atomic mass is 16.8. The second-order valence-electron chi connectivity index (χ2n) is 26.6. The van der Waals surface area contributed by atoms with Gasteiger partial charge in [-0.15, -0.1) is 6.58 Å². The monoisotopic (exact) mass is 1530 g/mol. The molecule has 0 spiro atoms. The van der Waals surface area contributed by atoms with Crippen LogP contribution in [0.5, 0.6) is 0 Å². The van der Waals surface area contributed by atoms with E-state index in [-0.39, 0.29) is 73.0 Å². The van der Waals surface area contributed by atoms with E-state index in [0.717, 1.165) is 22.3 Å². The van der Waals surface area contributed by atoms with Gasteiger partial charge < -0.3 is 75.8 Å². The number of hydrogen-bond donors (Lipinski definition) is 0. The molecule has 3 heterocycles. The van der Waals surface area contributed by atoms with Crippen molar-refractivity contribution in [1.82, 2.24) is 0 Å². The number of rotatable bonds is 34. The van der Waals surface area contributed by atoms with E-state index in [2.05, 4.69) is 6.58 Å². The minimum absolute atomic E-state index is 0.00782. The molecular weight excluding hydrogens is 1440 g/mol. The van der Waals surface area contributed by atoms with Gasteiger partial charge in [0.05, 0.1) is 73.0 Å². The van der Waals surface area contributed by atoms with Gasteiger partial charge in [-0.25, -0.2) is 28.8 Å². The number of ether oxygens (including phenoxy) is 16. The molecule has 3 aliphatic heterocycles. The van der Waals surface area contributed by atoms with Crippen LogP contribution >= 0.6 is 0 Å². The van der Waals surface area contributed by atoms with E-state index < -0.39 is 141 Å². The lowest BCUT2D eigenvalue weighted by Crippen LogP contribution is -2.69. The van der Waals surface area contributed by atoms with Crippen LogP contribution < -0.4 is 0 Å². The van der Waals surface area contributed by atoms with Gasteiger partial charge in [-0.2, -0.15) is 0 Å². The Morgan fingerprint density at radius 3 is 0.912 bits per heavy atom. The Morgan fingerprint density at radius 2 is 0.540 bits per heavy atom. The SMILES string of the molecule is C=CCO[C@@H]1[C@H](OC(=O)c2ccccc2)[C@@H](O[C@@H]2[C@H](OC(=O)c3ccccc3)[C@@H](O[C@@H]3[C@@H](OCc4ccccc4)O[C@H](COCc4ccccc4)[C@@H](OCc4ccccc4)[C@@H]3OCc3ccccc3)O[C@H](COC(=O)c3ccccc3)[C@H]2OC(=O)c2ccccc2)O[C@H](COC(=O)c2ccccc2)[C@H]1OC(=O)c1ccccc1. The fraction of sp³-hybridized carbons (Fsp3) is 0.253. The molecule has 0 bridgehead atoms. The Bertz CT molecular complexity index is 4620. The molecule has 10 aromatic carbocycles. The third-order valence-electron chi connectivity index (χ3n) is 18.8. The Hall–Kier alpha value is -11.6. The molecular formula is C91H84O22. The van der Waals surface area contributed by atoms with Crippen molar-refractivity contribution in [3.05, 3.63) is 372 Å². The number of hydrogen-bond acceptors (Lipinski definition) is 22. The Labute approximate surface area is 653 Å². The first-order valence-corrected chi connectivity index (χ1v) is 37.1. The van der Waals surface area contributed by atoms with Gasteiger partial charge in [-0.1, -0.05) is 237 Å². The summed E-state index contributed by atoms with van der Waals surface area (Å²) in [6.45, 7) is 2.13. The van der Waals surface area contributed by atoms with E-state index in [1.54, 1.807) is 121 Å². The van der Waals surface area contributed by atoms with E-state index in [1.807, 2.05) is 121 Å². The van der Waals surface area contributed by atoms with Gasteiger partial charge in [-0.3, -0.25) is 0 Å². The maximum absolute atomic E-state index is 15.6. The molecule has 0 unspecified atom stereocenters. The van der Waals surface area contributed by atoms with E-state index in [9.17, 15) is 14.4 Å². The lowest BCUT2D eigenvalue weighted by Gasteiger charge is -2.51. The lowest BCUT2D eigenvalue weighted by molar-refractivity contribution is -0.389. The highest BCUT2D eigenvalue weighted by Crippen LogP contribution is 2.40. The highest BCUT2D eigenvalue weighted by Gasteiger charge is 2.60. The van der Waals surface area contributed by atoms with Crippen molar-refractivity contribution in [3.8, 4) is 0 Å². The van der Waals surface area contributed by atoms with Crippen LogP contribution in [-0.4, -0.2) is 154 Å². The van der Waals surface area contributed by atoms with Crippen LogP contribution in [-0.2, 0) is 102 Å². The molecule has 0 aliphatic carbocycles. The molecule has 113 heavy (non-hydrogen) atoms. The van der Waals surface area contributed by atoms with Gasteiger partial charge >= 0.3 is 35.8 Å². The molecule has 3 aliphatic rings. The summed E-state index contributed by atoms with van der Waals surface area (Å²) in [6.07, 6.45) is -23.5. The fourth-order valence-corrected chi connectivity index (χ4v) is 13.1. The molecule has 3 fully saturated rings. The molecule has 10 aromatic rings. The van der Waals surface area contributed by atoms with Crippen molar-refractivity contribution in [2.45, 2.75) is 119 Å². The number of esters is 6. The topological polar surface area (TPSA) is 250 Å². The molecule has 0 amide bonds. The maximum Gasteiger partial charge on any atom is 0.338 e. The molecule has 3 saturated heterocycles. The van der Waals surface area contributed by atoms with Crippen LogP contribution in [0.25, 0.3) is 0 Å². The number of benzene rings is 10. The van der Waals surface area contributed by atoms with Gasteiger partial charge in [-0.05, 0) is 95.1 Å². The van der Waals surface area contributed by atoms with E-state index in [1.165, 1.54) is 66.7 Å². The predicted octanol–water partition coefficient (Wildman–Crippen LogP) is 13.7. The number of carbonyl (C=O) groups is 6. The van der Waals surface area contributed by atoms with Gasteiger partial charge in [0.25, 0.3) is 0 Å². The van der Waals surface area contributed by atoms with E-state index in [0.29, 0.717) is 0 Å². The second-order valence-corrected chi connectivity index (χ2v) is 26.6. The smallest absolute Gasteiger partial charge is 0.338 e. The summed E-state index contributed by atoms with van der Waals surface area (Å²) < 4.78 is 110. The Morgan fingerprint density at radius 1 is 0.265 bits per heavy atom. The summed E-state index contributed by atoms with van der Waals surface area (Å²) in [4.78, 5) is 89.3. The van der Waals surface area contributed by atoms with Crippen molar-refractivity contribution < 1.29 is 105 Å². The van der Waals surface area contributed by atoms with Crippen LogP contribution in [0, 0.1) is 0 Å². The zero-order valence-corrected chi connectivity index (χ0v) is 61.5. The molecule has 0 saturated carbocycles. The molecule has 13 rings (SSSR count). The van der Waals surface area contributed by atoms with Crippen molar-refractivity contribution in [2.24, 2.45) is 0 Å². The van der Waals surface area contributed by atoms with Gasteiger partial charge in [0, 0.05) is 0 Å². The second kappa shape index (κ2) is 40.5. The number of carbonyl (C=O) groups excluding carboxylic acids is 6. The third-order valence-corrected chi connectivity index (χ3v) is 18.8. The fourth-order valence-electron chi connectivity index (χ4n) is 13.1. The first kappa shape index (κ1) is 79.4. The first-order valence-electron chi connectivity index (χ1n) is 37.1. The van der Waals surface area contributed by atoms with Crippen LogP contribution in [0.2, 0.25) is 0 Å². The summed E-state index contributed by atoms with van der Waals surface area (Å²) in [5.74, 6) is -5.49. The first-order chi connectivity index (χ1) is 55.5. The standard InChI is InChI=1S/C91H84O22/c1-2-53-99-78-75(108-85(94)67-45-25-9-26-46-67)72(59-102-83(92)65-41-21-7-22-42-65)106-90(81(78)110-87(96)69-49-29-11-30-50-69)112-79-76(109-86(95)68-47-27-10-28-48-68)73(60-103-84(93)66-43-23-8-24-44-66)107-91(82(79)111-88(97)70-51-31-12-32-52-70)113-80-77(101-56-63-37-17-5-18-38-63)74(100-55-62-35-15-4-16-36-62)71(58-98-54-61-33-13-3-14-34-61)105-89(80)104-57-64-39-19-6-20-40-64/h2-52,71-82,89-91H,1,53-60H2/t71-,72-,73-,74-,75-,76-,77+,78+,79+,80+,81+,82+,89+,90-,91-/m1/s1. The molecule has 22 heteroatoms. The van der Waals surface area contributed by atoms with Gasteiger partial charge in [0.2, 0.25) is 0 Å². The quantitative estimate of drug-likeness (QED) is 0.0206. The summed E-state index contributed by atoms with van der Waals surface area (Å²) in [5.41, 5.74) is 3.57. The zero-order chi connectivity index (χ0) is 77.9. The Balaban J connectivity index is 0.995. The van der Waals surface area contributed by atoms with Crippen LogP contribution in [0.15, 0.2) is 316 Å². The predicted molar refractivity (Wildman–Crippen MR) is 409 cm³/mol. The third kappa shape index (κ3) is 21.7. The molecule has 15 atom stereocenters. The van der Waals surface area contributed by atoms with Gasteiger partial charge in [0.15, 0.2) is 43.3 Å². The average molecular weight is 1530 g/mol. The van der Waals surface area contributed by atoms with Crippen LogP contribution in [0.3, 0.4) is 0 Å². The summed E-state index contributed by atoms with van der Waals surface area (Å²) >= 11 is 0. The van der Waals surface area contributed by atoms with Crippen LogP contribution in [0.4, 0.5) is 0 Å². The summed E-state index contributed by atoms with van der Waals surface area (Å²) in [5, 5.41) is 0.